The molecule has 0 heterocycles. The van der Waals surface area contributed by atoms with Crippen LogP contribution in [0.2, 0.25) is 0 Å². The maximum atomic E-state index is 12.3. The lowest BCUT2D eigenvalue weighted by Gasteiger charge is -2.16. The van der Waals surface area contributed by atoms with Crippen molar-refractivity contribution in [3.63, 3.8) is 0 Å². The van der Waals surface area contributed by atoms with Gasteiger partial charge in [0.15, 0.2) is 0 Å². The van der Waals surface area contributed by atoms with Crippen LogP contribution >= 0.6 is 0 Å². The number of benzene rings is 1. The number of hydroxylamine groups is 1. The summed E-state index contributed by atoms with van der Waals surface area (Å²) in [6.45, 7) is 0.471. The number of sulfonamides is 1. The summed E-state index contributed by atoms with van der Waals surface area (Å²) in [5.74, 6) is -4.35. The summed E-state index contributed by atoms with van der Waals surface area (Å²) in [5.41, 5.74) is 7.53. The summed E-state index contributed by atoms with van der Waals surface area (Å²) in [4.78, 5) is 27.6. The molecule has 1 aromatic carbocycles. The molecular formula is C16H21F3N4O7S. The van der Waals surface area contributed by atoms with Gasteiger partial charge in [0.1, 0.15) is 11.8 Å². The highest BCUT2D eigenvalue weighted by Gasteiger charge is 2.43. The Morgan fingerprint density at radius 3 is 2.32 bits per heavy atom. The number of esters is 2. The third-order valence-corrected chi connectivity index (χ3v) is 3.98. The van der Waals surface area contributed by atoms with Crippen LogP contribution in [0.5, 0.6) is 5.75 Å². The molecule has 15 heteroatoms. The number of alkyl halides is 3. The van der Waals surface area contributed by atoms with E-state index in [2.05, 4.69) is 10.2 Å². The zero-order valence-corrected chi connectivity index (χ0v) is 17.0. The number of guanidine groups is 1. The van der Waals surface area contributed by atoms with Gasteiger partial charge in [-0.2, -0.15) is 13.2 Å². The highest BCUT2D eigenvalue weighted by Crippen LogP contribution is 2.18. The minimum atomic E-state index is -5.41. The van der Waals surface area contributed by atoms with Crippen molar-refractivity contribution >= 4 is 27.9 Å². The fourth-order valence-electron chi connectivity index (χ4n) is 2.06. The molecule has 0 saturated heterocycles. The van der Waals surface area contributed by atoms with Crippen molar-refractivity contribution in [1.29, 1.82) is 5.41 Å². The fourth-order valence-corrected chi connectivity index (χ4v) is 2.76. The standard InChI is InChI=1S/C16H21F3N4O7S/c1-31(26,27)23-12(13(24)30-14(25)16(17,18)19)9-10-3-5-11(6-4-10)28-7-2-8-29-22-15(20)21/h3-6,12,23H,2,7-9H2,1H3,(H4,20,21,22)/t12-/m0/s1. The van der Waals surface area contributed by atoms with Crippen molar-refractivity contribution in [2.75, 3.05) is 19.5 Å². The molecule has 0 aromatic heterocycles. The summed E-state index contributed by atoms with van der Waals surface area (Å²) < 4.78 is 70.7. The monoisotopic (exact) mass is 470 g/mol. The van der Waals surface area contributed by atoms with Gasteiger partial charge in [0.25, 0.3) is 0 Å². The van der Waals surface area contributed by atoms with E-state index >= 15 is 0 Å². The molecule has 1 aromatic rings. The van der Waals surface area contributed by atoms with E-state index < -0.39 is 34.2 Å². The molecule has 0 aliphatic carbocycles. The zero-order chi connectivity index (χ0) is 23.7. The highest BCUT2D eigenvalue weighted by atomic mass is 32.2. The molecule has 0 spiro atoms. The van der Waals surface area contributed by atoms with Crippen molar-refractivity contribution in [1.82, 2.24) is 10.2 Å². The van der Waals surface area contributed by atoms with E-state index in [-0.39, 0.29) is 25.6 Å². The maximum Gasteiger partial charge on any atom is 0.491 e. The van der Waals surface area contributed by atoms with Gasteiger partial charge in [0.05, 0.1) is 19.5 Å². The summed E-state index contributed by atoms with van der Waals surface area (Å²) in [5, 5.41) is 6.89. The first-order valence-corrected chi connectivity index (χ1v) is 10.4. The van der Waals surface area contributed by atoms with Crippen LogP contribution in [0.1, 0.15) is 12.0 Å². The Bertz CT molecular complexity index is 876. The first-order chi connectivity index (χ1) is 14.3. The van der Waals surface area contributed by atoms with Crippen LogP contribution < -0.4 is 20.7 Å². The van der Waals surface area contributed by atoms with Crippen molar-refractivity contribution in [3.05, 3.63) is 29.8 Å². The van der Waals surface area contributed by atoms with Gasteiger partial charge in [-0.15, -0.1) is 0 Å². The van der Waals surface area contributed by atoms with E-state index in [4.69, 9.17) is 20.7 Å². The van der Waals surface area contributed by atoms with Crippen LogP contribution in [0.25, 0.3) is 0 Å². The average Bonchev–Trinajstić information content (AvgIpc) is 2.63. The Labute approximate surface area is 175 Å². The van der Waals surface area contributed by atoms with E-state index in [1.54, 1.807) is 0 Å². The van der Waals surface area contributed by atoms with Crippen LogP contribution in [-0.2, 0) is 35.6 Å². The van der Waals surface area contributed by atoms with Gasteiger partial charge in [-0.3, -0.25) is 10.2 Å². The third kappa shape index (κ3) is 11.2. The Morgan fingerprint density at radius 2 is 1.81 bits per heavy atom. The Hall–Kier alpha value is -2.91. The molecule has 0 aliphatic heterocycles. The zero-order valence-electron chi connectivity index (χ0n) is 16.2. The SMILES string of the molecule is CS(=O)(=O)N[C@@H](Cc1ccc(OCCCONC(=N)N)cc1)C(=O)OC(=O)C(F)(F)F. The molecule has 0 amide bonds. The molecular weight excluding hydrogens is 449 g/mol. The molecule has 0 radical (unpaired) electrons. The van der Waals surface area contributed by atoms with Crippen LogP contribution in [0.4, 0.5) is 13.2 Å². The van der Waals surface area contributed by atoms with Gasteiger partial charge >= 0.3 is 18.1 Å². The second kappa shape index (κ2) is 11.5. The molecule has 0 aliphatic rings. The third-order valence-electron chi connectivity index (χ3n) is 3.27. The Morgan fingerprint density at radius 1 is 1.19 bits per heavy atom. The minimum Gasteiger partial charge on any atom is -0.494 e. The van der Waals surface area contributed by atoms with Gasteiger partial charge in [-0.05, 0) is 24.1 Å². The lowest BCUT2D eigenvalue weighted by Crippen LogP contribution is -2.44. The van der Waals surface area contributed by atoms with E-state index in [0.717, 1.165) is 0 Å². The van der Waals surface area contributed by atoms with Gasteiger partial charge in [-0.25, -0.2) is 28.2 Å². The minimum absolute atomic E-state index is 0.218. The summed E-state index contributed by atoms with van der Waals surface area (Å²) in [6.07, 6.45) is -4.62. The molecule has 0 fully saturated rings. The number of carbonyl (C=O) groups is 2. The predicted molar refractivity (Wildman–Crippen MR) is 100 cm³/mol. The lowest BCUT2D eigenvalue weighted by molar-refractivity contribution is -0.202. The molecule has 0 unspecified atom stereocenters. The average molecular weight is 470 g/mol. The van der Waals surface area contributed by atoms with Crippen molar-refractivity contribution in [3.8, 4) is 5.75 Å². The Balaban J connectivity index is 2.68. The quantitative estimate of drug-likeness (QED) is 0.0865. The molecule has 0 saturated carbocycles. The van der Waals surface area contributed by atoms with Crippen molar-refractivity contribution < 1.29 is 45.5 Å². The number of carbonyl (C=O) groups excluding carboxylic acids is 2. The number of hydrogen-bond acceptors (Lipinski definition) is 8. The van der Waals surface area contributed by atoms with Crippen LogP contribution in [-0.4, -0.2) is 58.0 Å². The van der Waals surface area contributed by atoms with Crippen LogP contribution in [0.3, 0.4) is 0 Å². The van der Waals surface area contributed by atoms with Crippen LogP contribution in [0.15, 0.2) is 24.3 Å². The molecule has 0 bridgehead atoms. The fraction of sp³-hybridized carbons (Fsp3) is 0.438. The molecule has 31 heavy (non-hydrogen) atoms. The first kappa shape index (κ1) is 26.1. The normalized spacial score (nSPS) is 12.6. The van der Waals surface area contributed by atoms with Gasteiger partial charge in [0.2, 0.25) is 16.0 Å². The number of hydrogen-bond donors (Lipinski definition) is 4. The Kier molecular flexibility index (Phi) is 9.67. The molecule has 1 rings (SSSR count). The number of nitrogens with one attached hydrogen (secondary N) is 3. The molecule has 11 nitrogen and oxygen atoms in total. The van der Waals surface area contributed by atoms with E-state index in [0.29, 0.717) is 24.0 Å². The van der Waals surface area contributed by atoms with Crippen molar-refractivity contribution in [2.45, 2.75) is 25.1 Å². The second-order valence-corrected chi connectivity index (χ2v) is 7.84. The highest BCUT2D eigenvalue weighted by molar-refractivity contribution is 7.88. The van der Waals surface area contributed by atoms with Crippen LogP contribution in [0, 0.1) is 5.41 Å². The molecule has 1 atom stereocenters. The molecule has 174 valence electrons. The van der Waals surface area contributed by atoms with E-state index in [1.165, 1.54) is 24.3 Å². The smallest absolute Gasteiger partial charge is 0.491 e. The predicted octanol–water partition coefficient (Wildman–Crippen LogP) is -0.0374. The molecule has 5 N–H and O–H groups in total. The maximum absolute atomic E-state index is 12.3. The number of ether oxygens (including phenoxy) is 2. The van der Waals surface area contributed by atoms with Gasteiger partial charge in [-0.1, -0.05) is 12.1 Å². The number of nitrogens with two attached hydrogens (primary N) is 1. The van der Waals surface area contributed by atoms with Gasteiger partial charge in [0, 0.05) is 6.42 Å². The summed E-state index contributed by atoms with van der Waals surface area (Å²) >= 11 is 0. The second-order valence-electron chi connectivity index (χ2n) is 6.06. The lowest BCUT2D eigenvalue weighted by atomic mass is 10.1. The summed E-state index contributed by atoms with van der Waals surface area (Å²) in [7, 11) is -4.00. The van der Waals surface area contributed by atoms with E-state index in [9.17, 15) is 31.2 Å². The van der Waals surface area contributed by atoms with Crippen molar-refractivity contribution in [2.24, 2.45) is 5.73 Å². The summed E-state index contributed by atoms with van der Waals surface area (Å²) in [6, 6.07) is 4.15. The first-order valence-electron chi connectivity index (χ1n) is 8.51. The number of rotatable bonds is 11. The van der Waals surface area contributed by atoms with Gasteiger partial charge < -0.3 is 15.2 Å². The largest absolute Gasteiger partial charge is 0.494 e. The topological polar surface area (TPSA) is 170 Å². The van der Waals surface area contributed by atoms with E-state index in [1.807, 2.05) is 4.72 Å². The number of halogens is 3.